The maximum atomic E-state index is 12.2. The number of nitrogens with one attached hydrogen (secondary N) is 1. The van der Waals surface area contributed by atoms with Crippen LogP contribution in [0.3, 0.4) is 0 Å². The number of hydrogen-bond acceptors (Lipinski definition) is 1. The van der Waals surface area contributed by atoms with Crippen LogP contribution in [-0.4, -0.2) is 29.5 Å². The van der Waals surface area contributed by atoms with Crippen molar-refractivity contribution >= 4 is 5.84 Å². The van der Waals surface area contributed by atoms with E-state index < -0.39 is 12.7 Å². The maximum Gasteiger partial charge on any atom is 0.405 e. The Kier molecular flexibility index (Phi) is 3.07. The zero-order chi connectivity index (χ0) is 10.9. The number of amidine groups is 1. The summed E-state index contributed by atoms with van der Waals surface area (Å²) in [5.74, 6) is -0.0391. The van der Waals surface area contributed by atoms with E-state index in [0.29, 0.717) is 0 Å². The highest BCUT2D eigenvalue weighted by atomic mass is 19.4. The minimum Gasteiger partial charge on any atom is -0.348 e. The van der Waals surface area contributed by atoms with Gasteiger partial charge < -0.3 is 4.90 Å². The summed E-state index contributed by atoms with van der Waals surface area (Å²) < 4.78 is 36.5. The predicted octanol–water partition coefficient (Wildman–Crippen LogP) is 2.65. The van der Waals surface area contributed by atoms with Crippen molar-refractivity contribution < 1.29 is 13.2 Å². The molecular weight excluding hydrogens is 193 g/mol. The topological polar surface area (TPSA) is 27.1 Å². The number of halogens is 3. The summed E-state index contributed by atoms with van der Waals surface area (Å²) in [4.78, 5) is 1.19. The van der Waals surface area contributed by atoms with Gasteiger partial charge in [0.25, 0.3) is 0 Å². The molecule has 1 N–H and O–H groups in total. The van der Waals surface area contributed by atoms with Gasteiger partial charge in [-0.3, -0.25) is 5.41 Å². The first-order chi connectivity index (χ1) is 6.31. The van der Waals surface area contributed by atoms with Crippen molar-refractivity contribution in [2.75, 3.05) is 6.54 Å². The molecule has 0 saturated heterocycles. The first kappa shape index (κ1) is 11.3. The summed E-state index contributed by atoms with van der Waals surface area (Å²) >= 11 is 0. The van der Waals surface area contributed by atoms with Crippen molar-refractivity contribution in [2.24, 2.45) is 5.92 Å². The van der Waals surface area contributed by atoms with Crippen molar-refractivity contribution in [3.63, 3.8) is 0 Å². The van der Waals surface area contributed by atoms with Crippen LogP contribution in [0, 0.1) is 11.3 Å². The third kappa shape index (κ3) is 3.20. The third-order valence-corrected chi connectivity index (χ3v) is 2.19. The van der Waals surface area contributed by atoms with Crippen LogP contribution in [0.1, 0.15) is 26.7 Å². The summed E-state index contributed by atoms with van der Waals surface area (Å²) in [6.45, 7) is 2.51. The Morgan fingerprint density at radius 3 is 2.21 bits per heavy atom. The van der Waals surface area contributed by atoms with E-state index in [2.05, 4.69) is 0 Å². The van der Waals surface area contributed by atoms with E-state index in [4.69, 9.17) is 5.41 Å². The van der Waals surface area contributed by atoms with Gasteiger partial charge in [0.05, 0.1) is 5.84 Å². The molecule has 0 bridgehead atoms. The van der Waals surface area contributed by atoms with Crippen LogP contribution in [0.25, 0.3) is 0 Å². The van der Waals surface area contributed by atoms with E-state index in [-0.39, 0.29) is 17.8 Å². The lowest BCUT2D eigenvalue weighted by Crippen LogP contribution is -2.42. The molecule has 0 radical (unpaired) electrons. The van der Waals surface area contributed by atoms with Gasteiger partial charge >= 0.3 is 6.18 Å². The molecule has 0 unspecified atom stereocenters. The largest absolute Gasteiger partial charge is 0.405 e. The Balaban J connectivity index is 2.60. The van der Waals surface area contributed by atoms with Gasteiger partial charge in [-0.2, -0.15) is 13.2 Å². The van der Waals surface area contributed by atoms with Crippen molar-refractivity contribution in [1.82, 2.24) is 4.90 Å². The second-order valence-corrected chi connectivity index (χ2v) is 4.01. The normalized spacial score (nSPS) is 17.3. The molecule has 0 aromatic carbocycles. The highest BCUT2D eigenvalue weighted by Gasteiger charge is 2.39. The Bertz CT molecular complexity index is 219. The summed E-state index contributed by atoms with van der Waals surface area (Å²) in [6.07, 6.45) is -2.64. The standard InChI is InChI=1S/C9H15F3N2/c1-6(2)8(13)14(7-3-4-7)5-9(10,11)12/h6-7,13H,3-5H2,1-2H3. The average molecular weight is 208 g/mol. The second-order valence-electron chi connectivity index (χ2n) is 4.01. The number of rotatable bonds is 3. The average Bonchev–Trinajstić information content (AvgIpc) is 2.79. The van der Waals surface area contributed by atoms with Crippen LogP contribution in [-0.2, 0) is 0 Å². The Morgan fingerprint density at radius 1 is 1.43 bits per heavy atom. The van der Waals surface area contributed by atoms with Crippen LogP contribution in [0.2, 0.25) is 0 Å². The molecule has 0 aromatic heterocycles. The predicted molar refractivity (Wildman–Crippen MR) is 48.3 cm³/mol. The van der Waals surface area contributed by atoms with Crippen molar-refractivity contribution in [2.45, 2.75) is 38.9 Å². The van der Waals surface area contributed by atoms with Gasteiger partial charge in [-0.25, -0.2) is 0 Å². The molecule has 1 rings (SSSR count). The maximum absolute atomic E-state index is 12.2. The van der Waals surface area contributed by atoms with Gasteiger partial charge in [-0.05, 0) is 12.8 Å². The Labute approximate surface area is 81.6 Å². The molecule has 0 heterocycles. The van der Waals surface area contributed by atoms with Crippen LogP contribution >= 0.6 is 0 Å². The summed E-state index contributed by atoms with van der Waals surface area (Å²) in [7, 11) is 0. The monoisotopic (exact) mass is 208 g/mol. The van der Waals surface area contributed by atoms with Crippen LogP contribution in [0.15, 0.2) is 0 Å². The van der Waals surface area contributed by atoms with Crippen LogP contribution < -0.4 is 0 Å². The zero-order valence-electron chi connectivity index (χ0n) is 8.36. The van der Waals surface area contributed by atoms with Gasteiger partial charge in [-0.15, -0.1) is 0 Å². The molecule has 5 heteroatoms. The van der Waals surface area contributed by atoms with Gasteiger partial charge in [0.2, 0.25) is 0 Å². The molecule has 1 fully saturated rings. The van der Waals surface area contributed by atoms with E-state index in [0.717, 1.165) is 12.8 Å². The second kappa shape index (κ2) is 3.79. The summed E-state index contributed by atoms with van der Waals surface area (Å²) in [6, 6.07) is -0.0495. The molecule has 1 saturated carbocycles. The van der Waals surface area contributed by atoms with E-state index in [1.165, 1.54) is 4.90 Å². The molecule has 0 atom stereocenters. The Hall–Kier alpha value is -0.740. The quantitative estimate of drug-likeness (QED) is 0.560. The lowest BCUT2D eigenvalue weighted by atomic mass is 10.2. The molecule has 0 amide bonds. The molecule has 1 aliphatic carbocycles. The van der Waals surface area contributed by atoms with Crippen molar-refractivity contribution in [3.8, 4) is 0 Å². The van der Waals surface area contributed by atoms with E-state index in [1.807, 2.05) is 0 Å². The van der Waals surface area contributed by atoms with Gasteiger partial charge in [0.15, 0.2) is 0 Å². The first-order valence-corrected chi connectivity index (χ1v) is 4.73. The lowest BCUT2D eigenvalue weighted by Gasteiger charge is -2.28. The van der Waals surface area contributed by atoms with Crippen LogP contribution in [0.5, 0.6) is 0 Å². The fourth-order valence-corrected chi connectivity index (χ4v) is 1.32. The number of nitrogens with zero attached hydrogens (tertiary/aromatic N) is 1. The highest BCUT2D eigenvalue weighted by molar-refractivity contribution is 5.81. The zero-order valence-corrected chi connectivity index (χ0v) is 8.36. The van der Waals surface area contributed by atoms with Gasteiger partial charge in [0.1, 0.15) is 6.54 Å². The first-order valence-electron chi connectivity index (χ1n) is 4.73. The number of hydrogen-bond donors (Lipinski definition) is 1. The van der Waals surface area contributed by atoms with Gasteiger partial charge in [0, 0.05) is 12.0 Å². The molecule has 1 aliphatic rings. The molecule has 2 nitrogen and oxygen atoms in total. The summed E-state index contributed by atoms with van der Waals surface area (Å²) in [5, 5.41) is 7.58. The fraction of sp³-hybridized carbons (Fsp3) is 0.889. The molecule has 0 spiro atoms. The molecule has 0 aliphatic heterocycles. The molecule has 82 valence electrons. The minimum atomic E-state index is -4.20. The highest BCUT2D eigenvalue weighted by Crippen LogP contribution is 2.31. The minimum absolute atomic E-state index is 0.0495. The lowest BCUT2D eigenvalue weighted by molar-refractivity contribution is -0.139. The smallest absolute Gasteiger partial charge is 0.348 e. The van der Waals surface area contributed by atoms with E-state index in [1.54, 1.807) is 13.8 Å². The third-order valence-electron chi connectivity index (χ3n) is 2.19. The van der Waals surface area contributed by atoms with Crippen LogP contribution in [0.4, 0.5) is 13.2 Å². The number of alkyl halides is 3. The molecular formula is C9H15F3N2. The van der Waals surface area contributed by atoms with Crippen molar-refractivity contribution in [1.29, 1.82) is 5.41 Å². The van der Waals surface area contributed by atoms with E-state index >= 15 is 0 Å². The SMILES string of the molecule is CC(C)C(=N)N(CC(F)(F)F)C1CC1. The summed E-state index contributed by atoms with van der Waals surface area (Å²) in [5.41, 5.74) is 0. The van der Waals surface area contributed by atoms with Crippen molar-refractivity contribution in [3.05, 3.63) is 0 Å². The van der Waals surface area contributed by atoms with E-state index in [9.17, 15) is 13.2 Å². The fourth-order valence-electron chi connectivity index (χ4n) is 1.32. The molecule has 14 heavy (non-hydrogen) atoms. The Morgan fingerprint density at radius 2 is 1.93 bits per heavy atom. The molecule has 0 aromatic rings. The van der Waals surface area contributed by atoms with Gasteiger partial charge in [-0.1, -0.05) is 13.8 Å².